The number of rotatable bonds is 3. The van der Waals surface area contributed by atoms with Gasteiger partial charge >= 0.3 is 5.97 Å². The molecule has 1 aliphatic rings. The molecule has 1 aromatic rings. The lowest BCUT2D eigenvalue weighted by Crippen LogP contribution is -2.27. The Morgan fingerprint density at radius 1 is 1.62 bits per heavy atom. The van der Waals surface area contributed by atoms with E-state index in [1.165, 1.54) is 13.2 Å². The highest BCUT2D eigenvalue weighted by atomic mass is 79.9. The van der Waals surface area contributed by atoms with Gasteiger partial charge in [-0.2, -0.15) is 0 Å². The molecule has 0 N–H and O–H groups in total. The van der Waals surface area contributed by atoms with Crippen molar-refractivity contribution >= 4 is 21.9 Å². The van der Waals surface area contributed by atoms with Gasteiger partial charge in [0.15, 0.2) is 0 Å². The molecule has 0 aliphatic heterocycles. The number of halogens is 1. The van der Waals surface area contributed by atoms with Crippen molar-refractivity contribution < 1.29 is 9.53 Å². The summed E-state index contributed by atoms with van der Waals surface area (Å²) < 4.78 is 6.87. The summed E-state index contributed by atoms with van der Waals surface area (Å²) in [6.45, 7) is 0.683. The smallest absolute Gasteiger partial charge is 0.343 e. The summed E-state index contributed by atoms with van der Waals surface area (Å²) in [4.78, 5) is 23.3. The highest BCUT2D eigenvalue weighted by Crippen LogP contribution is 2.30. The molecule has 1 aliphatic carbocycles. The van der Waals surface area contributed by atoms with Gasteiger partial charge in [-0.05, 0) is 40.8 Å². The summed E-state index contributed by atoms with van der Waals surface area (Å²) in [7, 11) is 1.27. The van der Waals surface area contributed by atoms with Gasteiger partial charge in [0.1, 0.15) is 5.56 Å². The largest absolute Gasteiger partial charge is 0.465 e. The van der Waals surface area contributed by atoms with Crippen LogP contribution in [0.4, 0.5) is 0 Å². The third kappa shape index (κ3) is 2.35. The van der Waals surface area contributed by atoms with E-state index in [1.807, 2.05) is 0 Å². The number of hydrogen-bond donors (Lipinski definition) is 0. The fourth-order valence-corrected chi connectivity index (χ4v) is 2.05. The van der Waals surface area contributed by atoms with Gasteiger partial charge in [-0.25, -0.2) is 4.79 Å². The van der Waals surface area contributed by atoms with E-state index in [2.05, 4.69) is 20.7 Å². The monoisotopic (exact) mass is 285 g/mol. The molecular weight excluding hydrogens is 274 g/mol. The van der Waals surface area contributed by atoms with Gasteiger partial charge in [0, 0.05) is 17.2 Å². The lowest BCUT2D eigenvalue weighted by Gasteiger charge is -2.07. The minimum Gasteiger partial charge on any atom is -0.465 e. The van der Waals surface area contributed by atoms with Crippen molar-refractivity contribution in [3.63, 3.8) is 0 Å². The Labute approximate surface area is 101 Å². The fraction of sp³-hybridized carbons (Fsp3) is 0.455. The van der Waals surface area contributed by atoms with Crippen LogP contribution >= 0.6 is 15.9 Å². The summed E-state index contributed by atoms with van der Waals surface area (Å²) >= 11 is 3.29. The first kappa shape index (κ1) is 11.4. The quantitative estimate of drug-likeness (QED) is 0.796. The molecule has 86 valence electrons. The van der Waals surface area contributed by atoms with Crippen molar-refractivity contribution in [1.29, 1.82) is 0 Å². The molecule has 4 nitrogen and oxygen atoms in total. The SMILES string of the molecule is COC(=O)c1cc(Br)cn(CC2CC2)c1=O. The average Bonchev–Trinajstić information content (AvgIpc) is 3.05. The van der Waals surface area contributed by atoms with Crippen molar-refractivity contribution in [2.75, 3.05) is 7.11 Å². The predicted octanol–water partition coefficient (Wildman–Crippen LogP) is 1.81. The Balaban J connectivity index is 2.40. The van der Waals surface area contributed by atoms with Gasteiger partial charge in [-0.15, -0.1) is 0 Å². The first-order chi connectivity index (χ1) is 7.61. The van der Waals surface area contributed by atoms with Gasteiger partial charge in [-0.3, -0.25) is 4.79 Å². The van der Waals surface area contributed by atoms with Crippen molar-refractivity contribution in [2.24, 2.45) is 5.92 Å². The van der Waals surface area contributed by atoms with Crippen LogP contribution in [-0.4, -0.2) is 17.6 Å². The summed E-state index contributed by atoms with van der Waals surface area (Å²) in [5, 5.41) is 0. The molecule has 5 heteroatoms. The molecule has 0 atom stereocenters. The van der Waals surface area contributed by atoms with E-state index in [4.69, 9.17) is 0 Å². The number of hydrogen-bond acceptors (Lipinski definition) is 3. The number of pyridine rings is 1. The second-order valence-electron chi connectivity index (χ2n) is 3.96. The zero-order valence-corrected chi connectivity index (χ0v) is 10.5. The Morgan fingerprint density at radius 2 is 2.31 bits per heavy atom. The van der Waals surface area contributed by atoms with Crippen molar-refractivity contribution in [3.8, 4) is 0 Å². The Hall–Kier alpha value is -1.10. The first-order valence-electron chi connectivity index (χ1n) is 5.10. The predicted molar refractivity (Wildman–Crippen MR) is 62.5 cm³/mol. The number of nitrogens with zero attached hydrogens (tertiary/aromatic N) is 1. The number of carbonyl (C=O) groups is 1. The third-order valence-electron chi connectivity index (χ3n) is 2.61. The molecule has 2 rings (SSSR count). The lowest BCUT2D eigenvalue weighted by atomic mass is 10.2. The Morgan fingerprint density at radius 3 is 2.88 bits per heavy atom. The van der Waals surface area contributed by atoms with E-state index in [0.717, 1.165) is 12.8 Å². The third-order valence-corrected chi connectivity index (χ3v) is 3.04. The topological polar surface area (TPSA) is 48.3 Å². The van der Waals surface area contributed by atoms with E-state index < -0.39 is 5.97 Å². The zero-order valence-electron chi connectivity index (χ0n) is 8.90. The molecule has 1 heterocycles. The summed E-state index contributed by atoms with van der Waals surface area (Å²) in [6.07, 6.45) is 4.03. The van der Waals surface area contributed by atoms with Gasteiger partial charge in [0.25, 0.3) is 5.56 Å². The molecule has 0 aromatic carbocycles. The second kappa shape index (κ2) is 4.41. The molecule has 0 saturated heterocycles. The molecule has 0 radical (unpaired) electrons. The van der Waals surface area contributed by atoms with Crippen LogP contribution in [0, 0.1) is 5.92 Å². The summed E-state index contributed by atoms with van der Waals surface area (Å²) in [5.41, 5.74) is -0.195. The number of ether oxygens (including phenoxy) is 1. The highest BCUT2D eigenvalue weighted by molar-refractivity contribution is 9.10. The van der Waals surface area contributed by atoms with Crippen LogP contribution in [0.5, 0.6) is 0 Å². The fourth-order valence-electron chi connectivity index (χ4n) is 1.57. The number of esters is 1. The minimum atomic E-state index is -0.587. The summed E-state index contributed by atoms with van der Waals surface area (Å²) in [6, 6.07) is 1.50. The van der Waals surface area contributed by atoms with E-state index in [0.29, 0.717) is 16.9 Å². The lowest BCUT2D eigenvalue weighted by molar-refractivity contribution is 0.0597. The molecule has 0 bridgehead atoms. The number of aromatic nitrogens is 1. The maximum atomic E-state index is 11.9. The normalized spacial score (nSPS) is 14.9. The van der Waals surface area contributed by atoms with Gasteiger partial charge in [-0.1, -0.05) is 0 Å². The van der Waals surface area contributed by atoms with Crippen LogP contribution in [0.15, 0.2) is 21.5 Å². The first-order valence-corrected chi connectivity index (χ1v) is 5.89. The number of carbonyl (C=O) groups excluding carboxylic acids is 1. The van der Waals surface area contributed by atoms with Crippen LogP contribution in [0.25, 0.3) is 0 Å². The van der Waals surface area contributed by atoms with Crippen LogP contribution in [0.3, 0.4) is 0 Å². The van der Waals surface area contributed by atoms with E-state index in [9.17, 15) is 9.59 Å². The highest BCUT2D eigenvalue weighted by Gasteiger charge is 2.23. The molecule has 1 fully saturated rings. The van der Waals surface area contributed by atoms with E-state index in [1.54, 1.807) is 10.8 Å². The maximum Gasteiger partial charge on any atom is 0.343 e. The number of methoxy groups -OCH3 is 1. The van der Waals surface area contributed by atoms with Crippen LogP contribution < -0.4 is 5.56 Å². The molecule has 0 amide bonds. The molecule has 0 unspecified atom stereocenters. The molecular formula is C11H12BrNO3. The van der Waals surface area contributed by atoms with Crippen LogP contribution in [0.2, 0.25) is 0 Å². The zero-order chi connectivity index (χ0) is 11.7. The average molecular weight is 286 g/mol. The van der Waals surface area contributed by atoms with Gasteiger partial charge in [0.2, 0.25) is 0 Å². The molecule has 16 heavy (non-hydrogen) atoms. The van der Waals surface area contributed by atoms with Crippen molar-refractivity contribution in [2.45, 2.75) is 19.4 Å². The van der Waals surface area contributed by atoms with Crippen molar-refractivity contribution in [3.05, 3.63) is 32.7 Å². The molecule has 1 aromatic heterocycles. The van der Waals surface area contributed by atoms with Gasteiger partial charge in [0.05, 0.1) is 7.11 Å². The van der Waals surface area contributed by atoms with E-state index in [-0.39, 0.29) is 11.1 Å². The van der Waals surface area contributed by atoms with E-state index >= 15 is 0 Å². The minimum absolute atomic E-state index is 0.0810. The van der Waals surface area contributed by atoms with Gasteiger partial charge < -0.3 is 9.30 Å². The summed E-state index contributed by atoms with van der Waals surface area (Å²) in [5.74, 6) is -0.00616. The molecule has 1 saturated carbocycles. The second-order valence-corrected chi connectivity index (χ2v) is 4.88. The van der Waals surface area contributed by atoms with Crippen LogP contribution in [0.1, 0.15) is 23.2 Å². The standard InChI is InChI=1S/C11H12BrNO3/c1-16-11(15)9-4-8(12)6-13(10(9)14)5-7-2-3-7/h4,6-7H,2-3,5H2,1H3. The maximum absolute atomic E-state index is 11.9. The van der Waals surface area contributed by atoms with Crippen LogP contribution in [-0.2, 0) is 11.3 Å². The Kier molecular flexibility index (Phi) is 3.14. The Bertz CT molecular complexity index is 477. The molecule has 0 spiro atoms. The van der Waals surface area contributed by atoms with Crippen molar-refractivity contribution in [1.82, 2.24) is 4.57 Å².